The summed E-state index contributed by atoms with van der Waals surface area (Å²) in [6.07, 6.45) is 2.03. The van der Waals surface area contributed by atoms with Gasteiger partial charge in [0.05, 0.1) is 0 Å². The van der Waals surface area contributed by atoms with E-state index in [-0.39, 0.29) is 12.0 Å². The Hall–Kier alpha value is -0.220. The fourth-order valence-electron chi connectivity index (χ4n) is 1.36. The number of rotatable bonds is 6. The van der Waals surface area contributed by atoms with Gasteiger partial charge in [-0.25, -0.2) is 0 Å². The van der Waals surface area contributed by atoms with Crippen molar-refractivity contribution in [1.29, 1.82) is 0 Å². The highest BCUT2D eigenvalue weighted by Gasteiger charge is 2.25. The molecule has 0 amide bonds. The summed E-state index contributed by atoms with van der Waals surface area (Å²) < 4.78 is 0. The molecule has 0 aliphatic heterocycles. The first kappa shape index (κ1) is 12.8. The summed E-state index contributed by atoms with van der Waals surface area (Å²) in [7, 11) is 1.87. The molecule has 0 heterocycles. The Balaban J connectivity index is 4.12. The van der Waals surface area contributed by atoms with E-state index in [2.05, 4.69) is 0 Å². The molecule has 0 bridgehead atoms. The predicted molar refractivity (Wildman–Crippen MR) is 57.3 cm³/mol. The van der Waals surface area contributed by atoms with Gasteiger partial charge < -0.3 is 5.11 Å². The van der Waals surface area contributed by atoms with Crippen molar-refractivity contribution in [1.82, 2.24) is 4.90 Å². The van der Waals surface area contributed by atoms with E-state index >= 15 is 0 Å². The van der Waals surface area contributed by atoms with Crippen LogP contribution in [0.15, 0.2) is 0 Å². The van der Waals surface area contributed by atoms with Gasteiger partial charge in [-0.05, 0) is 19.2 Å². The highest BCUT2D eigenvalue weighted by Crippen LogP contribution is 2.09. The first-order chi connectivity index (χ1) is 6.00. The number of nitrogens with zero attached hydrogens (tertiary/aromatic N) is 1. The molecule has 0 aromatic carbocycles. The van der Waals surface area contributed by atoms with Crippen molar-refractivity contribution >= 4 is 17.7 Å². The third kappa shape index (κ3) is 4.52. The first-order valence-corrected chi connectivity index (χ1v) is 5.82. The minimum atomic E-state index is -0.724. The van der Waals surface area contributed by atoms with Crippen LogP contribution in [0.3, 0.4) is 0 Å². The van der Waals surface area contributed by atoms with E-state index in [0.29, 0.717) is 0 Å². The topological polar surface area (TPSA) is 40.5 Å². The molecular formula is C9H19NO2S. The van der Waals surface area contributed by atoms with Crippen molar-refractivity contribution in [2.45, 2.75) is 19.9 Å². The first-order valence-electron chi connectivity index (χ1n) is 4.42. The summed E-state index contributed by atoms with van der Waals surface area (Å²) >= 11 is 1.74. The average Bonchev–Trinajstić information content (AvgIpc) is 1.99. The quantitative estimate of drug-likeness (QED) is 0.711. The molecule has 1 N–H and O–H groups in total. The van der Waals surface area contributed by atoms with Gasteiger partial charge in [0.25, 0.3) is 0 Å². The summed E-state index contributed by atoms with van der Waals surface area (Å²) in [5.74, 6) is 0.412. The van der Waals surface area contributed by atoms with Crippen LogP contribution >= 0.6 is 11.8 Å². The molecule has 13 heavy (non-hydrogen) atoms. The Kier molecular flexibility index (Phi) is 6.16. The van der Waals surface area contributed by atoms with E-state index in [1.807, 2.05) is 32.1 Å². The fraction of sp³-hybridized carbons (Fsp3) is 0.889. The highest BCUT2D eigenvalue weighted by atomic mass is 32.2. The molecule has 0 aromatic heterocycles. The molecule has 78 valence electrons. The van der Waals surface area contributed by atoms with Gasteiger partial charge in [0.1, 0.15) is 6.04 Å². The fourth-order valence-corrected chi connectivity index (χ4v) is 1.83. The van der Waals surface area contributed by atoms with Gasteiger partial charge in [-0.1, -0.05) is 13.8 Å². The van der Waals surface area contributed by atoms with Crippen molar-refractivity contribution in [2.24, 2.45) is 5.92 Å². The third-order valence-corrected chi connectivity index (χ3v) is 2.60. The summed E-state index contributed by atoms with van der Waals surface area (Å²) in [4.78, 5) is 12.8. The SMILES string of the molecule is CSCCN(C)C(C(=O)O)C(C)C. The predicted octanol–water partition coefficient (Wildman–Crippen LogP) is 1.39. The van der Waals surface area contributed by atoms with Gasteiger partial charge >= 0.3 is 5.97 Å². The largest absolute Gasteiger partial charge is 0.480 e. The van der Waals surface area contributed by atoms with Crippen LogP contribution in [0.5, 0.6) is 0 Å². The maximum atomic E-state index is 10.9. The maximum absolute atomic E-state index is 10.9. The Bertz CT molecular complexity index is 162. The van der Waals surface area contributed by atoms with Crippen LogP contribution in [0.2, 0.25) is 0 Å². The van der Waals surface area contributed by atoms with Crippen molar-refractivity contribution in [2.75, 3.05) is 25.6 Å². The van der Waals surface area contributed by atoms with E-state index in [9.17, 15) is 4.79 Å². The second-order valence-corrected chi connectivity index (χ2v) is 4.49. The second-order valence-electron chi connectivity index (χ2n) is 3.50. The lowest BCUT2D eigenvalue weighted by Crippen LogP contribution is -2.43. The molecule has 0 aliphatic rings. The van der Waals surface area contributed by atoms with Crippen LogP contribution in [-0.4, -0.2) is 47.6 Å². The van der Waals surface area contributed by atoms with Gasteiger partial charge in [-0.2, -0.15) is 11.8 Å². The number of carboxylic acids is 1. The molecule has 0 saturated heterocycles. The number of likely N-dealkylation sites (N-methyl/N-ethyl adjacent to an activating group) is 1. The van der Waals surface area contributed by atoms with E-state index in [1.54, 1.807) is 11.8 Å². The summed E-state index contributed by atoms with van der Waals surface area (Å²) in [5.41, 5.74) is 0. The smallest absolute Gasteiger partial charge is 0.321 e. The number of hydrogen-bond donors (Lipinski definition) is 1. The zero-order valence-electron chi connectivity index (χ0n) is 8.78. The standard InChI is InChI=1S/C9H19NO2S/c1-7(2)8(9(11)12)10(3)5-6-13-4/h7-8H,5-6H2,1-4H3,(H,11,12). The summed E-state index contributed by atoms with van der Waals surface area (Å²) in [6.45, 7) is 4.71. The molecular weight excluding hydrogens is 186 g/mol. The minimum absolute atomic E-state index is 0.157. The average molecular weight is 205 g/mol. The van der Waals surface area contributed by atoms with Gasteiger partial charge in [-0.15, -0.1) is 0 Å². The zero-order chi connectivity index (χ0) is 10.4. The van der Waals surface area contributed by atoms with E-state index in [4.69, 9.17) is 5.11 Å². The van der Waals surface area contributed by atoms with Gasteiger partial charge in [-0.3, -0.25) is 9.69 Å². The molecule has 1 unspecified atom stereocenters. The maximum Gasteiger partial charge on any atom is 0.321 e. The lowest BCUT2D eigenvalue weighted by molar-refractivity contribution is -0.144. The van der Waals surface area contributed by atoms with Crippen LogP contribution in [0.4, 0.5) is 0 Å². The third-order valence-electron chi connectivity index (χ3n) is 2.01. The van der Waals surface area contributed by atoms with Crippen LogP contribution < -0.4 is 0 Å². The number of carbonyl (C=O) groups is 1. The minimum Gasteiger partial charge on any atom is -0.480 e. The summed E-state index contributed by atoms with van der Waals surface area (Å²) in [6, 6.07) is -0.354. The zero-order valence-corrected chi connectivity index (χ0v) is 9.60. The molecule has 0 aliphatic carbocycles. The summed E-state index contributed by atoms with van der Waals surface area (Å²) in [5, 5.41) is 8.96. The number of aliphatic carboxylic acids is 1. The van der Waals surface area contributed by atoms with Gasteiger partial charge in [0, 0.05) is 12.3 Å². The molecule has 0 rings (SSSR count). The van der Waals surface area contributed by atoms with Crippen molar-refractivity contribution in [3.05, 3.63) is 0 Å². The molecule has 0 radical (unpaired) electrons. The number of thioether (sulfide) groups is 1. The van der Waals surface area contributed by atoms with Crippen LogP contribution in [0.1, 0.15) is 13.8 Å². The van der Waals surface area contributed by atoms with Crippen LogP contribution in [0, 0.1) is 5.92 Å². The van der Waals surface area contributed by atoms with Gasteiger partial charge in [0.2, 0.25) is 0 Å². The van der Waals surface area contributed by atoms with E-state index < -0.39 is 5.97 Å². The van der Waals surface area contributed by atoms with Crippen LogP contribution in [0.25, 0.3) is 0 Å². The Morgan fingerprint density at radius 2 is 2.08 bits per heavy atom. The molecule has 3 nitrogen and oxygen atoms in total. The molecule has 0 saturated carbocycles. The van der Waals surface area contributed by atoms with Crippen molar-refractivity contribution in [3.63, 3.8) is 0 Å². The van der Waals surface area contributed by atoms with Crippen molar-refractivity contribution < 1.29 is 9.90 Å². The lowest BCUT2D eigenvalue weighted by Gasteiger charge is -2.27. The second kappa shape index (κ2) is 6.27. The monoisotopic (exact) mass is 205 g/mol. The molecule has 0 aromatic rings. The van der Waals surface area contributed by atoms with E-state index in [0.717, 1.165) is 12.3 Å². The highest BCUT2D eigenvalue weighted by molar-refractivity contribution is 7.98. The Morgan fingerprint density at radius 3 is 2.38 bits per heavy atom. The van der Waals surface area contributed by atoms with E-state index in [1.165, 1.54) is 0 Å². The Morgan fingerprint density at radius 1 is 1.54 bits per heavy atom. The van der Waals surface area contributed by atoms with Gasteiger partial charge in [0.15, 0.2) is 0 Å². The molecule has 4 heteroatoms. The lowest BCUT2D eigenvalue weighted by atomic mass is 10.0. The van der Waals surface area contributed by atoms with Crippen molar-refractivity contribution in [3.8, 4) is 0 Å². The normalized spacial score (nSPS) is 13.7. The molecule has 0 spiro atoms. The number of carboxylic acid groups (broad SMARTS) is 1. The van der Waals surface area contributed by atoms with Crippen LogP contribution in [-0.2, 0) is 4.79 Å². The molecule has 1 atom stereocenters. The Labute approximate surface area is 84.5 Å². The molecule has 0 fully saturated rings. The number of hydrogen-bond acceptors (Lipinski definition) is 3.